The lowest BCUT2D eigenvalue weighted by Crippen LogP contribution is -2.38. The van der Waals surface area contributed by atoms with Crippen LogP contribution in [0.5, 0.6) is 0 Å². The van der Waals surface area contributed by atoms with E-state index in [1.807, 2.05) is 0 Å². The molecule has 0 spiro atoms. The highest BCUT2D eigenvalue weighted by Crippen LogP contribution is 2.31. The Hall–Kier alpha value is -2.71. The predicted molar refractivity (Wildman–Crippen MR) is 104 cm³/mol. The van der Waals surface area contributed by atoms with E-state index >= 15 is 0 Å². The third-order valence-electron chi connectivity index (χ3n) is 3.90. The first kappa shape index (κ1) is 20.0. The fourth-order valence-corrected chi connectivity index (χ4v) is 2.90. The van der Waals surface area contributed by atoms with Gasteiger partial charge in [0.05, 0.1) is 10.7 Å². The molecule has 2 aromatic carbocycles. The van der Waals surface area contributed by atoms with Gasteiger partial charge < -0.3 is 5.32 Å². The Morgan fingerprint density at radius 3 is 2.36 bits per heavy atom. The van der Waals surface area contributed by atoms with Crippen molar-refractivity contribution in [3.63, 3.8) is 0 Å². The van der Waals surface area contributed by atoms with Crippen LogP contribution < -0.4 is 10.2 Å². The molecule has 0 bridgehead atoms. The van der Waals surface area contributed by atoms with E-state index in [0.29, 0.717) is 0 Å². The molecule has 1 saturated heterocycles. The summed E-state index contributed by atoms with van der Waals surface area (Å²) in [5.41, 5.74) is 0.314. The van der Waals surface area contributed by atoms with Gasteiger partial charge in [0.1, 0.15) is 0 Å². The van der Waals surface area contributed by atoms with Crippen molar-refractivity contribution in [3.05, 3.63) is 59.6 Å². The van der Waals surface area contributed by atoms with Crippen molar-refractivity contribution in [1.29, 1.82) is 0 Å². The topological polar surface area (TPSA) is 65.0 Å². The molecule has 2 unspecified atom stereocenters. The van der Waals surface area contributed by atoms with Crippen LogP contribution >= 0.6 is 23.2 Å². The van der Waals surface area contributed by atoms with Crippen LogP contribution in [0.2, 0.25) is 5.02 Å². The van der Waals surface area contributed by atoms with Gasteiger partial charge in [-0.25, -0.2) is 19.1 Å². The van der Waals surface area contributed by atoms with Crippen LogP contribution in [-0.4, -0.2) is 41.3 Å². The summed E-state index contributed by atoms with van der Waals surface area (Å²) in [7, 11) is 1.21. The smallest absolute Gasteiger partial charge is 0.337 e. The van der Waals surface area contributed by atoms with Crippen molar-refractivity contribution in [3.8, 4) is 0 Å². The maximum atomic E-state index is 14.6. The van der Waals surface area contributed by atoms with Gasteiger partial charge in [-0.3, -0.25) is 9.69 Å². The Labute approximate surface area is 169 Å². The minimum Gasteiger partial charge on any atom is -0.337 e. The summed E-state index contributed by atoms with van der Waals surface area (Å²) < 4.78 is 29.1. The molecule has 146 valence electrons. The maximum absolute atomic E-state index is 14.6. The highest BCUT2D eigenvalue weighted by atomic mass is 35.5. The average Bonchev–Trinajstić information content (AvgIpc) is 2.86. The van der Waals surface area contributed by atoms with Crippen LogP contribution in [0.25, 0.3) is 0 Å². The number of carbonyl (C=O) groups excluding carboxylic acids is 2. The van der Waals surface area contributed by atoms with E-state index in [1.165, 1.54) is 31.3 Å². The molecular weight excluding hydrogens is 413 g/mol. The number of likely N-dealkylation sites (N-methyl/N-ethyl adjacent to an activating group) is 1. The molecule has 1 aliphatic rings. The lowest BCUT2D eigenvalue weighted by Gasteiger charge is -2.22. The van der Waals surface area contributed by atoms with Crippen LogP contribution in [0, 0.1) is 0 Å². The van der Waals surface area contributed by atoms with Crippen molar-refractivity contribution < 1.29 is 18.4 Å². The molecule has 3 amide bonds. The first-order chi connectivity index (χ1) is 13.2. The van der Waals surface area contributed by atoms with E-state index in [1.54, 1.807) is 30.3 Å². The molecule has 3 rings (SSSR count). The number of anilines is 2. The minimum atomic E-state index is -3.14. The number of imide groups is 1. The molecule has 1 fully saturated rings. The Balaban J connectivity index is 1.88. The van der Waals surface area contributed by atoms with Crippen molar-refractivity contribution in [2.75, 3.05) is 17.3 Å². The van der Waals surface area contributed by atoms with Crippen LogP contribution in [0.15, 0.2) is 59.6 Å². The summed E-state index contributed by atoms with van der Waals surface area (Å²) in [4.78, 5) is 30.0. The summed E-state index contributed by atoms with van der Waals surface area (Å²) >= 11 is 11.6. The van der Waals surface area contributed by atoms with Crippen molar-refractivity contribution in [2.24, 2.45) is 4.99 Å². The third-order valence-corrected chi connectivity index (χ3v) is 4.50. The van der Waals surface area contributed by atoms with Gasteiger partial charge in [0.2, 0.25) is 5.84 Å². The van der Waals surface area contributed by atoms with E-state index in [9.17, 15) is 18.4 Å². The van der Waals surface area contributed by atoms with Crippen molar-refractivity contribution in [2.45, 2.75) is 11.5 Å². The second kappa shape index (κ2) is 7.73. The molecular formula is C18H14Cl2F2N4O2. The molecule has 2 aromatic rings. The molecule has 1 heterocycles. The molecule has 10 heteroatoms. The van der Waals surface area contributed by atoms with Gasteiger partial charge in [-0.15, -0.1) is 0 Å². The van der Waals surface area contributed by atoms with E-state index < -0.39 is 29.3 Å². The van der Waals surface area contributed by atoms with Crippen molar-refractivity contribution >= 4 is 52.4 Å². The molecule has 0 aromatic heterocycles. The Kier molecular flexibility index (Phi) is 5.53. The monoisotopic (exact) mass is 426 g/mol. The molecule has 2 atom stereocenters. The zero-order chi connectivity index (χ0) is 20.5. The summed E-state index contributed by atoms with van der Waals surface area (Å²) in [5, 5.41) is -0.853. The highest BCUT2D eigenvalue weighted by molar-refractivity contribution is 6.55. The van der Waals surface area contributed by atoms with E-state index in [4.69, 9.17) is 23.2 Å². The number of urea groups is 1. The summed E-state index contributed by atoms with van der Waals surface area (Å²) in [6, 6.07) is 13.2. The van der Waals surface area contributed by atoms with Gasteiger partial charge in [-0.2, -0.15) is 4.39 Å². The molecule has 1 aliphatic heterocycles. The number of hydrogen-bond acceptors (Lipinski definition) is 4. The third kappa shape index (κ3) is 3.79. The van der Waals surface area contributed by atoms with Crippen LogP contribution in [0.1, 0.15) is 0 Å². The van der Waals surface area contributed by atoms with Crippen LogP contribution in [-0.2, 0) is 4.79 Å². The van der Waals surface area contributed by atoms with Gasteiger partial charge in [-0.05, 0) is 24.3 Å². The van der Waals surface area contributed by atoms with Gasteiger partial charge in [0.25, 0.3) is 6.30 Å². The molecule has 0 saturated carbocycles. The van der Waals surface area contributed by atoms with E-state index in [0.717, 1.165) is 9.80 Å². The summed E-state index contributed by atoms with van der Waals surface area (Å²) in [5.74, 6) is -1.55. The van der Waals surface area contributed by atoms with Crippen LogP contribution in [0.4, 0.5) is 25.0 Å². The summed E-state index contributed by atoms with van der Waals surface area (Å²) in [6.45, 7) is 0. The number of nitrogens with zero attached hydrogens (tertiary/aromatic N) is 3. The number of rotatable bonds is 5. The SMILES string of the molecule is CN1C(=O)N(c2ccccc2Cl)C(=O)C1=NC(F)C(F)(Cl)Nc1ccccc1. The Morgan fingerprint density at radius 2 is 1.71 bits per heavy atom. The number of benzene rings is 2. The minimum absolute atomic E-state index is 0.103. The van der Waals surface area contributed by atoms with Gasteiger partial charge in [0, 0.05) is 12.7 Å². The number of nitrogens with one attached hydrogen (secondary N) is 1. The van der Waals surface area contributed by atoms with Gasteiger partial charge in [-0.1, -0.05) is 53.5 Å². The van der Waals surface area contributed by atoms with Crippen molar-refractivity contribution in [1.82, 2.24) is 4.90 Å². The molecule has 0 radical (unpaired) electrons. The highest BCUT2D eigenvalue weighted by Gasteiger charge is 2.45. The number of alkyl halides is 3. The maximum Gasteiger partial charge on any atom is 0.337 e. The standard InChI is InChI=1S/C18H14Cl2F2N4O2/c1-25-14(15(27)26(17(25)28)13-10-6-5-9-12(13)19)23-16(21)18(20,22)24-11-7-3-2-4-8-11/h2-10,16,24H,1H3. The normalized spacial score (nSPS) is 19.1. The van der Waals surface area contributed by atoms with Crippen LogP contribution in [0.3, 0.4) is 0 Å². The lowest BCUT2D eigenvalue weighted by atomic mass is 10.3. The van der Waals surface area contributed by atoms with E-state index in [2.05, 4.69) is 10.3 Å². The average molecular weight is 427 g/mol. The number of hydrogen-bond donors (Lipinski definition) is 1. The number of amidine groups is 1. The molecule has 0 aliphatic carbocycles. The quantitative estimate of drug-likeness (QED) is 0.437. The zero-order valence-electron chi connectivity index (χ0n) is 14.4. The lowest BCUT2D eigenvalue weighted by molar-refractivity contribution is -0.111. The number of aliphatic imine (C=N–C) groups is 1. The van der Waals surface area contributed by atoms with Gasteiger partial charge >= 0.3 is 17.2 Å². The number of para-hydroxylation sites is 2. The number of amides is 3. The fourth-order valence-electron chi connectivity index (χ4n) is 2.52. The second-order valence-corrected chi connectivity index (χ2v) is 6.79. The Bertz CT molecular complexity index is 940. The predicted octanol–water partition coefficient (Wildman–Crippen LogP) is 4.41. The molecule has 1 N–H and O–H groups in total. The van der Waals surface area contributed by atoms with E-state index in [-0.39, 0.29) is 16.4 Å². The molecule has 28 heavy (non-hydrogen) atoms. The number of halogens is 4. The first-order valence-electron chi connectivity index (χ1n) is 8.02. The molecule has 6 nitrogen and oxygen atoms in total. The summed E-state index contributed by atoms with van der Waals surface area (Å²) in [6.07, 6.45) is -2.69. The largest absolute Gasteiger partial charge is 0.337 e. The second-order valence-electron chi connectivity index (χ2n) is 5.84. The Morgan fingerprint density at radius 1 is 1.11 bits per heavy atom. The van der Waals surface area contributed by atoms with Gasteiger partial charge in [0.15, 0.2) is 0 Å². The fraction of sp³-hybridized carbons (Fsp3) is 0.167. The first-order valence-corrected chi connectivity index (χ1v) is 8.77. The number of carbonyl (C=O) groups is 2. The zero-order valence-corrected chi connectivity index (χ0v) is 16.0.